The summed E-state index contributed by atoms with van der Waals surface area (Å²) in [7, 11) is 1.19. The fourth-order valence-corrected chi connectivity index (χ4v) is 1.35. The van der Waals surface area contributed by atoms with E-state index in [1.807, 2.05) is 0 Å². The zero-order chi connectivity index (χ0) is 11.4. The summed E-state index contributed by atoms with van der Waals surface area (Å²) in [5.74, 6) is -0.745. The number of esters is 1. The number of carbonyl (C=O) groups excluding carboxylic acids is 1. The molecule has 15 heavy (non-hydrogen) atoms. The van der Waals surface area contributed by atoms with E-state index in [0.29, 0.717) is 5.56 Å². The molecule has 3 nitrogen and oxygen atoms in total. The molecule has 2 atom stereocenters. The van der Waals surface area contributed by atoms with Crippen molar-refractivity contribution in [1.29, 1.82) is 0 Å². The summed E-state index contributed by atoms with van der Waals surface area (Å²) in [5.41, 5.74) is 6.62. The number of hydrogen-bond donors (Lipinski definition) is 1. The number of nitrogens with two attached hydrogens (primary N) is 1. The molecular weight excluding hydrogens is 197 g/mol. The average molecular weight is 211 g/mol. The summed E-state index contributed by atoms with van der Waals surface area (Å²) in [6.45, 7) is 1.77. The van der Waals surface area contributed by atoms with Crippen molar-refractivity contribution in [3.05, 3.63) is 35.4 Å². The molecule has 0 aromatic heterocycles. The Morgan fingerprint density at radius 3 is 2.60 bits per heavy atom. The van der Waals surface area contributed by atoms with E-state index in [1.165, 1.54) is 7.11 Å². The first-order chi connectivity index (χ1) is 7.07. The predicted octanol–water partition coefficient (Wildman–Crippen LogP) is 1.51. The normalized spacial score (nSPS) is 14.4. The number of hydrogen-bond acceptors (Lipinski definition) is 3. The molecule has 0 radical (unpaired) electrons. The molecule has 0 aliphatic rings. The first-order valence-electron chi connectivity index (χ1n) is 4.61. The van der Waals surface area contributed by atoms with Crippen LogP contribution in [0.2, 0.25) is 0 Å². The van der Waals surface area contributed by atoms with E-state index in [0.717, 1.165) is 5.56 Å². The zero-order valence-corrected chi connectivity index (χ0v) is 8.74. The first kappa shape index (κ1) is 11.7. The molecule has 0 aliphatic heterocycles. The molecule has 2 unspecified atom stereocenters. The van der Waals surface area contributed by atoms with Crippen LogP contribution in [0, 0.1) is 6.92 Å². The third-order valence-electron chi connectivity index (χ3n) is 2.27. The van der Waals surface area contributed by atoms with Crippen molar-refractivity contribution in [3.8, 4) is 0 Å². The summed E-state index contributed by atoms with van der Waals surface area (Å²) >= 11 is 0. The van der Waals surface area contributed by atoms with Crippen LogP contribution in [-0.4, -0.2) is 19.1 Å². The quantitative estimate of drug-likeness (QED) is 0.771. The molecule has 0 amide bonds. The number of aryl methyl sites for hydroxylation is 1. The number of rotatable bonds is 3. The lowest BCUT2D eigenvalue weighted by molar-refractivity contribution is -0.143. The van der Waals surface area contributed by atoms with Crippen molar-refractivity contribution in [1.82, 2.24) is 0 Å². The van der Waals surface area contributed by atoms with Crippen LogP contribution < -0.4 is 5.73 Å². The second-order valence-electron chi connectivity index (χ2n) is 3.31. The standard InChI is InChI=1S/C11H14FNO2/c1-7-5-3-4-6-8(7)9(12)10(13)11(14)15-2/h3-6,9-10H,13H2,1-2H3. The number of carbonyl (C=O) groups is 1. The molecule has 1 aromatic rings. The van der Waals surface area contributed by atoms with Crippen molar-refractivity contribution in [3.63, 3.8) is 0 Å². The Morgan fingerprint density at radius 1 is 1.47 bits per heavy atom. The minimum atomic E-state index is -1.53. The van der Waals surface area contributed by atoms with Gasteiger partial charge in [-0.2, -0.15) is 0 Å². The lowest BCUT2D eigenvalue weighted by Crippen LogP contribution is -2.36. The van der Waals surface area contributed by atoms with E-state index in [1.54, 1.807) is 31.2 Å². The molecule has 0 spiro atoms. The van der Waals surface area contributed by atoms with Gasteiger partial charge in [-0.3, -0.25) is 4.79 Å². The second-order valence-corrected chi connectivity index (χ2v) is 3.31. The van der Waals surface area contributed by atoms with E-state index >= 15 is 0 Å². The fourth-order valence-electron chi connectivity index (χ4n) is 1.35. The van der Waals surface area contributed by atoms with Gasteiger partial charge in [0.25, 0.3) is 0 Å². The smallest absolute Gasteiger partial charge is 0.326 e. The number of benzene rings is 1. The van der Waals surface area contributed by atoms with E-state index in [-0.39, 0.29) is 0 Å². The van der Waals surface area contributed by atoms with Gasteiger partial charge in [-0.25, -0.2) is 4.39 Å². The third kappa shape index (κ3) is 2.53. The Kier molecular flexibility index (Phi) is 3.80. The van der Waals surface area contributed by atoms with Gasteiger partial charge in [-0.15, -0.1) is 0 Å². The summed E-state index contributed by atoms with van der Waals surface area (Å²) in [4.78, 5) is 11.1. The van der Waals surface area contributed by atoms with Crippen molar-refractivity contribution in [2.45, 2.75) is 19.1 Å². The van der Waals surface area contributed by atoms with Crippen molar-refractivity contribution in [2.24, 2.45) is 5.73 Å². The molecular formula is C11H14FNO2. The predicted molar refractivity (Wildman–Crippen MR) is 55.0 cm³/mol. The van der Waals surface area contributed by atoms with Gasteiger partial charge in [0.15, 0.2) is 6.17 Å². The topological polar surface area (TPSA) is 52.3 Å². The van der Waals surface area contributed by atoms with Crippen LogP contribution in [0.3, 0.4) is 0 Å². The molecule has 0 aliphatic carbocycles. The van der Waals surface area contributed by atoms with Gasteiger partial charge >= 0.3 is 5.97 Å². The van der Waals surface area contributed by atoms with Gasteiger partial charge < -0.3 is 10.5 Å². The highest BCUT2D eigenvalue weighted by Crippen LogP contribution is 2.23. The van der Waals surface area contributed by atoms with Gasteiger partial charge in [0.1, 0.15) is 6.04 Å². The summed E-state index contributed by atoms with van der Waals surface area (Å²) in [6.07, 6.45) is -1.53. The summed E-state index contributed by atoms with van der Waals surface area (Å²) in [5, 5.41) is 0. The van der Waals surface area contributed by atoms with Gasteiger partial charge in [0.2, 0.25) is 0 Å². The van der Waals surface area contributed by atoms with Crippen LogP contribution in [0.1, 0.15) is 17.3 Å². The van der Waals surface area contributed by atoms with E-state index in [9.17, 15) is 9.18 Å². The zero-order valence-electron chi connectivity index (χ0n) is 8.74. The van der Waals surface area contributed by atoms with E-state index in [2.05, 4.69) is 4.74 Å². The van der Waals surface area contributed by atoms with Crippen molar-refractivity contribution >= 4 is 5.97 Å². The molecule has 0 saturated heterocycles. The first-order valence-corrected chi connectivity index (χ1v) is 4.61. The molecule has 0 fully saturated rings. The highest BCUT2D eigenvalue weighted by Gasteiger charge is 2.27. The van der Waals surface area contributed by atoms with Gasteiger partial charge in [0, 0.05) is 0 Å². The Balaban J connectivity index is 2.89. The monoisotopic (exact) mass is 211 g/mol. The van der Waals surface area contributed by atoms with Crippen LogP contribution in [-0.2, 0) is 9.53 Å². The maximum Gasteiger partial charge on any atom is 0.326 e. The van der Waals surface area contributed by atoms with Crippen LogP contribution in [0.25, 0.3) is 0 Å². The minimum absolute atomic E-state index is 0.426. The maximum atomic E-state index is 13.8. The SMILES string of the molecule is COC(=O)C(N)C(F)c1ccccc1C. The lowest BCUT2D eigenvalue weighted by Gasteiger charge is -2.16. The molecule has 4 heteroatoms. The van der Waals surface area contributed by atoms with Crippen LogP contribution in [0.4, 0.5) is 4.39 Å². The summed E-state index contributed by atoms with van der Waals surface area (Å²) < 4.78 is 18.2. The molecule has 1 rings (SSSR count). The van der Waals surface area contributed by atoms with Crippen LogP contribution in [0.5, 0.6) is 0 Å². The third-order valence-corrected chi connectivity index (χ3v) is 2.27. The largest absolute Gasteiger partial charge is 0.468 e. The Morgan fingerprint density at radius 2 is 2.07 bits per heavy atom. The number of alkyl halides is 1. The second kappa shape index (κ2) is 4.89. The summed E-state index contributed by atoms with van der Waals surface area (Å²) in [6, 6.07) is 5.62. The van der Waals surface area contributed by atoms with Crippen LogP contribution in [0.15, 0.2) is 24.3 Å². The molecule has 1 aromatic carbocycles. The molecule has 0 heterocycles. The van der Waals surface area contributed by atoms with Crippen molar-refractivity contribution < 1.29 is 13.9 Å². The molecule has 0 saturated carbocycles. The lowest BCUT2D eigenvalue weighted by atomic mass is 10.00. The van der Waals surface area contributed by atoms with Crippen molar-refractivity contribution in [2.75, 3.05) is 7.11 Å². The molecule has 82 valence electrons. The fraction of sp³-hybridized carbons (Fsp3) is 0.364. The highest BCUT2D eigenvalue weighted by atomic mass is 19.1. The number of halogens is 1. The Bertz CT molecular complexity index is 354. The number of ether oxygens (including phenoxy) is 1. The van der Waals surface area contributed by atoms with Gasteiger partial charge in [-0.1, -0.05) is 24.3 Å². The van der Waals surface area contributed by atoms with Crippen LogP contribution >= 0.6 is 0 Å². The maximum absolute atomic E-state index is 13.8. The Hall–Kier alpha value is -1.42. The number of methoxy groups -OCH3 is 1. The average Bonchev–Trinajstić information content (AvgIpc) is 2.26. The van der Waals surface area contributed by atoms with E-state index in [4.69, 9.17) is 5.73 Å². The molecule has 0 bridgehead atoms. The minimum Gasteiger partial charge on any atom is -0.468 e. The Labute approximate surface area is 88.0 Å². The highest BCUT2D eigenvalue weighted by molar-refractivity contribution is 5.76. The molecule has 2 N–H and O–H groups in total. The van der Waals surface area contributed by atoms with Gasteiger partial charge in [-0.05, 0) is 18.1 Å². The van der Waals surface area contributed by atoms with E-state index < -0.39 is 18.2 Å². The van der Waals surface area contributed by atoms with Gasteiger partial charge in [0.05, 0.1) is 7.11 Å².